The SMILES string of the molecule is C=CC(C(=O)O)C(C)CC. The second-order valence-electron chi connectivity index (χ2n) is 2.49. The second-order valence-corrected chi connectivity index (χ2v) is 2.49. The van der Waals surface area contributed by atoms with Crippen molar-refractivity contribution in [2.45, 2.75) is 20.3 Å². The van der Waals surface area contributed by atoms with Gasteiger partial charge in [-0.2, -0.15) is 0 Å². The molecule has 0 saturated heterocycles. The van der Waals surface area contributed by atoms with E-state index in [4.69, 9.17) is 5.11 Å². The maximum Gasteiger partial charge on any atom is 0.310 e. The molecule has 0 bridgehead atoms. The average Bonchev–Trinajstić information content (AvgIpc) is 1.88. The van der Waals surface area contributed by atoms with Gasteiger partial charge in [-0.15, -0.1) is 6.58 Å². The molecule has 1 N–H and O–H groups in total. The maximum absolute atomic E-state index is 10.5. The second kappa shape index (κ2) is 4.09. The Hall–Kier alpha value is -0.790. The van der Waals surface area contributed by atoms with Gasteiger partial charge in [-0.05, 0) is 5.92 Å². The minimum Gasteiger partial charge on any atom is -0.481 e. The molecular formula is C8H14O2. The summed E-state index contributed by atoms with van der Waals surface area (Å²) in [6.07, 6.45) is 2.37. The Balaban J connectivity index is 4.05. The molecule has 2 nitrogen and oxygen atoms in total. The number of hydrogen-bond donors (Lipinski definition) is 1. The number of hydrogen-bond acceptors (Lipinski definition) is 1. The molecule has 0 radical (unpaired) electrons. The van der Waals surface area contributed by atoms with Crippen LogP contribution in [0.2, 0.25) is 0 Å². The lowest BCUT2D eigenvalue weighted by molar-refractivity contribution is -0.141. The summed E-state index contributed by atoms with van der Waals surface area (Å²) in [5.41, 5.74) is 0. The minimum atomic E-state index is -0.774. The van der Waals surface area contributed by atoms with Crippen LogP contribution in [0.1, 0.15) is 20.3 Å². The van der Waals surface area contributed by atoms with Crippen molar-refractivity contribution in [2.24, 2.45) is 11.8 Å². The van der Waals surface area contributed by atoms with Crippen LogP contribution in [0.3, 0.4) is 0 Å². The molecular weight excluding hydrogens is 128 g/mol. The summed E-state index contributed by atoms with van der Waals surface area (Å²) in [7, 11) is 0. The quantitative estimate of drug-likeness (QED) is 0.609. The van der Waals surface area contributed by atoms with Gasteiger partial charge in [0.15, 0.2) is 0 Å². The molecule has 0 rings (SSSR count). The topological polar surface area (TPSA) is 37.3 Å². The first kappa shape index (κ1) is 9.21. The van der Waals surface area contributed by atoms with Gasteiger partial charge in [0.05, 0.1) is 5.92 Å². The van der Waals surface area contributed by atoms with E-state index in [0.717, 1.165) is 6.42 Å². The third-order valence-electron chi connectivity index (χ3n) is 1.80. The molecule has 0 aliphatic carbocycles. The molecule has 0 saturated carbocycles. The highest BCUT2D eigenvalue weighted by Gasteiger charge is 2.18. The van der Waals surface area contributed by atoms with Gasteiger partial charge in [0.1, 0.15) is 0 Å². The van der Waals surface area contributed by atoms with Crippen LogP contribution in [-0.4, -0.2) is 11.1 Å². The Morgan fingerprint density at radius 3 is 2.40 bits per heavy atom. The van der Waals surface area contributed by atoms with Crippen molar-refractivity contribution in [3.05, 3.63) is 12.7 Å². The standard InChI is InChI=1S/C8H14O2/c1-4-6(3)7(5-2)8(9)10/h5-7H,2,4H2,1,3H3,(H,9,10). The summed E-state index contributed by atoms with van der Waals surface area (Å²) in [4.78, 5) is 10.5. The molecule has 0 aliphatic heterocycles. The minimum absolute atomic E-state index is 0.190. The Kier molecular flexibility index (Phi) is 3.77. The normalized spacial score (nSPS) is 15.8. The molecule has 58 valence electrons. The fraction of sp³-hybridized carbons (Fsp3) is 0.625. The lowest BCUT2D eigenvalue weighted by atomic mass is 9.92. The zero-order valence-electron chi connectivity index (χ0n) is 6.50. The Morgan fingerprint density at radius 1 is 1.80 bits per heavy atom. The van der Waals surface area contributed by atoms with Crippen molar-refractivity contribution in [3.63, 3.8) is 0 Å². The van der Waals surface area contributed by atoms with Gasteiger partial charge in [-0.3, -0.25) is 4.79 Å². The molecule has 2 heteroatoms. The number of carboxylic acids is 1. The maximum atomic E-state index is 10.5. The van der Waals surface area contributed by atoms with Crippen LogP contribution in [0, 0.1) is 11.8 Å². The van der Waals surface area contributed by atoms with Crippen LogP contribution in [0.15, 0.2) is 12.7 Å². The van der Waals surface area contributed by atoms with Crippen LogP contribution in [-0.2, 0) is 4.79 Å². The van der Waals surface area contributed by atoms with Crippen LogP contribution in [0.25, 0.3) is 0 Å². The molecule has 0 fully saturated rings. The summed E-state index contributed by atoms with van der Waals surface area (Å²) in [5, 5.41) is 8.60. The predicted octanol–water partition coefficient (Wildman–Crippen LogP) is 1.92. The van der Waals surface area contributed by atoms with Gasteiger partial charge in [0, 0.05) is 0 Å². The summed E-state index contributed by atoms with van der Waals surface area (Å²) in [6, 6.07) is 0. The fourth-order valence-corrected chi connectivity index (χ4v) is 0.830. The third-order valence-corrected chi connectivity index (χ3v) is 1.80. The molecule has 0 aliphatic rings. The largest absolute Gasteiger partial charge is 0.481 e. The van der Waals surface area contributed by atoms with Crippen molar-refractivity contribution in [3.8, 4) is 0 Å². The van der Waals surface area contributed by atoms with Crippen molar-refractivity contribution in [2.75, 3.05) is 0 Å². The Morgan fingerprint density at radius 2 is 2.30 bits per heavy atom. The van der Waals surface area contributed by atoms with Crippen molar-refractivity contribution >= 4 is 5.97 Å². The molecule has 0 aromatic carbocycles. The molecule has 0 aromatic rings. The zero-order chi connectivity index (χ0) is 8.15. The number of rotatable bonds is 4. The van der Waals surface area contributed by atoms with Crippen molar-refractivity contribution < 1.29 is 9.90 Å². The van der Waals surface area contributed by atoms with Crippen LogP contribution >= 0.6 is 0 Å². The fourth-order valence-electron chi connectivity index (χ4n) is 0.830. The van der Waals surface area contributed by atoms with Gasteiger partial charge < -0.3 is 5.11 Å². The van der Waals surface area contributed by atoms with Gasteiger partial charge in [-0.1, -0.05) is 26.3 Å². The first-order chi connectivity index (χ1) is 4.63. The van der Waals surface area contributed by atoms with Crippen molar-refractivity contribution in [1.29, 1.82) is 0 Å². The molecule has 10 heavy (non-hydrogen) atoms. The molecule has 2 unspecified atom stereocenters. The molecule has 0 spiro atoms. The zero-order valence-corrected chi connectivity index (χ0v) is 6.50. The number of carbonyl (C=O) groups is 1. The highest BCUT2D eigenvalue weighted by molar-refractivity contribution is 5.72. The van der Waals surface area contributed by atoms with Gasteiger partial charge in [-0.25, -0.2) is 0 Å². The lowest BCUT2D eigenvalue weighted by Gasteiger charge is -2.13. The lowest BCUT2D eigenvalue weighted by Crippen LogP contribution is -2.18. The number of aliphatic carboxylic acids is 1. The van der Waals surface area contributed by atoms with E-state index < -0.39 is 5.97 Å². The predicted molar refractivity (Wildman–Crippen MR) is 40.8 cm³/mol. The molecule has 2 atom stereocenters. The number of carboxylic acid groups (broad SMARTS) is 1. The summed E-state index contributed by atoms with van der Waals surface area (Å²) in [6.45, 7) is 7.36. The van der Waals surface area contributed by atoms with Gasteiger partial charge >= 0.3 is 5.97 Å². The van der Waals surface area contributed by atoms with E-state index in [1.165, 1.54) is 6.08 Å². The van der Waals surface area contributed by atoms with Gasteiger partial charge in [0.25, 0.3) is 0 Å². The monoisotopic (exact) mass is 142 g/mol. The third kappa shape index (κ3) is 2.21. The van der Waals surface area contributed by atoms with E-state index in [9.17, 15) is 4.79 Å². The molecule has 0 heterocycles. The van der Waals surface area contributed by atoms with E-state index >= 15 is 0 Å². The van der Waals surface area contributed by atoms with E-state index in [0.29, 0.717) is 0 Å². The summed E-state index contributed by atoms with van der Waals surface area (Å²) < 4.78 is 0. The Bertz CT molecular complexity index is 129. The van der Waals surface area contributed by atoms with Crippen LogP contribution < -0.4 is 0 Å². The van der Waals surface area contributed by atoms with E-state index in [1.807, 2.05) is 13.8 Å². The van der Waals surface area contributed by atoms with Crippen LogP contribution in [0.5, 0.6) is 0 Å². The van der Waals surface area contributed by atoms with Crippen LogP contribution in [0.4, 0.5) is 0 Å². The molecule has 0 amide bonds. The van der Waals surface area contributed by atoms with Crippen molar-refractivity contribution in [1.82, 2.24) is 0 Å². The summed E-state index contributed by atoms with van der Waals surface area (Å²) >= 11 is 0. The smallest absolute Gasteiger partial charge is 0.310 e. The average molecular weight is 142 g/mol. The van der Waals surface area contributed by atoms with E-state index in [1.54, 1.807) is 0 Å². The Labute approximate surface area is 61.6 Å². The van der Waals surface area contributed by atoms with E-state index in [-0.39, 0.29) is 11.8 Å². The first-order valence-corrected chi connectivity index (χ1v) is 3.48. The summed E-state index contributed by atoms with van der Waals surface area (Å²) in [5.74, 6) is -0.968. The highest BCUT2D eigenvalue weighted by atomic mass is 16.4. The van der Waals surface area contributed by atoms with E-state index in [2.05, 4.69) is 6.58 Å². The first-order valence-electron chi connectivity index (χ1n) is 3.48. The van der Waals surface area contributed by atoms with Gasteiger partial charge in [0.2, 0.25) is 0 Å². The molecule has 0 aromatic heterocycles. The highest BCUT2D eigenvalue weighted by Crippen LogP contribution is 2.15.